The molecular weight excluding hydrogens is 643 g/mol. The summed E-state index contributed by atoms with van der Waals surface area (Å²) in [5.74, 6) is 0.00773. The van der Waals surface area contributed by atoms with Crippen molar-refractivity contribution in [1.29, 1.82) is 0 Å². The van der Waals surface area contributed by atoms with Crippen LogP contribution in [0.15, 0.2) is 61.2 Å². The van der Waals surface area contributed by atoms with Gasteiger partial charge in [0.1, 0.15) is 0 Å². The van der Waals surface area contributed by atoms with E-state index in [-0.39, 0.29) is 47.8 Å². The van der Waals surface area contributed by atoms with Gasteiger partial charge in [0.2, 0.25) is 5.95 Å². The van der Waals surface area contributed by atoms with Crippen molar-refractivity contribution in [2.75, 3.05) is 16.3 Å². The van der Waals surface area contributed by atoms with E-state index >= 15 is 0 Å². The molecule has 250 valence electrons. The summed E-state index contributed by atoms with van der Waals surface area (Å²) < 4.78 is 124. The van der Waals surface area contributed by atoms with Crippen molar-refractivity contribution in [2.24, 2.45) is 7.05 Å². The minimum Gasteiger partial charge on any atom is -0.366 e. The zero-order valence-corrected chi connectivity index (χ0v) is 24.8. The molecule has 0 spiro atoms. The lowest BCUT2D eigenvalue weighted by molar-refractivity contribution is -0.143. The number of aromatic nitrogens is 4. The summed E-state index contributed by atoms with van der Waals surface area (Å²) in [6, 6.07) is 3.11. The van der Waals surface area contributed by atoms with Gasteiger partial charge < -0.3 is 9.80 Å². The standard InChI is InChI=1S/C31H27F9N6O/c1-3-25-10-26(16-45(25)27-5-4-22(29(32,33)34)8-19(27)17-47)46(28-41-11-20(12-42-28)21-13-43-44(2)15-21)14-18-6-23(30(35,36)37)9-24(7-18)31(38,39)40/h4-9,11-13,15,17,25-26H,3,10,14,16H2,1-2H3/t25?,26-/m0/s1. The molecule has 1 aliphatic heterocycles. The van der Waals surface area contributed by atoms with Gasteiger partial charge in [-0.3, -0.25) is 9.48 Å². The van der Waals surface area contributed by atoms with E-state index < -0.39 is 47.8 Å². The summed E-state index contributed by atoms with van der Waals surface area (Å²) in [6.07, 6.45) is -7.59. The van der Waals surface area contributed by atoms with E-state index in [1.54, 1.807) is 29.0 Å². The molecule has 4 aromatic rings. The highest BCUT2D eigenvalue weighted by Crippen LogP contribution is 2.39. The Morgan fingerprint density at radius 3 is 1.98 bits per heavy atom. The fourth-order valence-electron chi connectivity index (χ4n) is 5.75. The van der Waals surface area contributed by atoms with E-state index in [2.05, 4.69) is 15.1 Å². The number of halogens is 9. The first-order valence-electron chi connectivity index (χ1n) is 14.3. The average molecular weight is 671 g/mol. The van der Waals surface area contributed by atoms with Crippen LogP contribution in [0.3, 0.4) is 0 Å². The summed E-state index contributed by atoms with van der Waals surface area (Å²) in [4.78, 5) is 23.9. The van der Waals surface area contributed by atoms with Crippen LogP contribution in [0.1, 0.15) is 52.4 Å². The van der Waals surface area contributed by atoms with Crippen LogP contribution < -0.4 is 9.80 Å². The van der Waals surface area contributed by atoms with E-state index in [9.17, 15) is 44.3 Å². The first kappa shape index (κ1) is 33.7. The molecule has 2 aromatic carbocycles. The van der Waals surface area contributed by atoms with Crippen LogP contribution in [-0.4, -0.2) is 44.7 Å². The summed E-state index contributed by atoms with van der Waals surface area (Å²) in [5, 5.41) is 4.09. The second-order valence-corrected chi connectivity index (χ2v) is 11.2. The number of aryl methyl sites for hydroxylation is 1. The third-order valence-electron chi connectivity index (χ3n) is 8.03. The molecule has 5 rings (SSSR count). The van der Waals surface area contributed by atoms with Gasteiger partial charge in [0.25, 0.3) is 0 Å². The molecule has 2 atom stereocenters. The molecule has 7 nitrogen and oxygen atoms in total. The van der Waals surface area contributed by atoms with Gasteiger partial charge in [0, 0.05) is 67.1 Å². The number of carbonyl (C=O) groups excluding carboxylic acids is 1. The third kappa shape index (κ3) is 7.36. The van der Waals surface area contributed by atoms with Crippen molar-refractivity contribution in [3.05, 3.63) is 89.0 Å². The molecule has 0 amide bonds. The molecular formula is C31H27F9N6O. The highest BCUT2D eigenvalue weighted by Gasteiger charge is 2.40. The smallest absolute Gasteiger partial charge is 0.366 e. The molecule has 0 aliphatic carbocycles. The van der Waals surface area contributed by atoms with Gasteiger partial charge >= 0.3 is 18.5 Å². The molecule has 0 saturated carbocycles. The Hall–Kier alpha value is -4.63. The fourth-order valence-corrected chi connectivity index (χ4v) is 5.75. The van der Waals surface area contributed by atoms with Crippen LogP contribution in [0.2, 0.25) is 0 Å². The molecule has 1 saturated heterocycles. The molecule has 0 bridgehead atoms. The summed E-state index contributed by atoms with van der Waals surface area (Å²) in [7, 11) is 1.70. The normalized spacial score (nSPS) is 17.3. The topological polar surface area (TPSA) is 67.2 Å². The molecule has 1 unspecified atom stereocenters. The Morgan fingerprint density at radius 2 is 1.47 bits per heavy atom. The van der Waals surface area contributed by atoms with E-state index in [0.717, 1.165) is 12.1 Å². The van der Waals surface area contributed by atoms with Gasteiger partial charge in [0.15, 0.2) is 6.29 Å². The van der Waals surface area contributed by atoms with Gasteiger partial charge in [-0.15, -0.1) is 0 Å². The number of aldehydes is 1. The van der Waals surface area contributed by atoms with Gasteiger partial charge in [0.05, 0.1) is 28.9 Å². The molecule has 16 heteroatoms. The molecule has 1 fully saturated rings. The van der Waals surface area contributed by atoms with E-state index in [4.69, 9.17) is 0 Å². The number of nitrogens with zero attached hydrogens (tertiary/aromatic N) is 6. The lowest BCUT2D eigenvalue weighted by atomic mass is 10.0. The van der Waals surface area contributed by atoms with Crippen LogP contribution in [0, 0.1) is 0 Å². The molecule has 3 heterocycles. The highest BCUT2D eigenvalue weighted by molar-refractivity contribution is 5.85. The van der Waals surface area contributed by atoms with Crippen molar-refractivity contribution in [3.63, 3.8) is 0 Å². The Morgan fingerprint density at radius 1 is 0.851 bits per heavy atom. The van der Waals surface area contributed by atoms with Gasteiger partial charge in [-0.2, -0.15) is 44.6 Å². The largest absolute Gasteiger partial charge is 0.416 e. The summed E-state index contributed by atoms with van der Waals surface area (Å²) >= 11 is 0. The van der Waals surface area contributed by atoms with Crippen LogP contribution in [0.5, 0.6) is 0 Å². The van der Waals surface area contributed by atoms with Crippen LogP contribution in [0.4, 0.5) is 51.1 Å². The van der Waals surface area contributed by atoms with Crippen LogP contribution in [0.25, 0.3) is 11.1 Å². The predicted octanol–water partition coefficient (Wildman–Crippen LogP) is 7.81. The first-order chi connectivity index (χ1) is 22.0. The van der Waals surface area contributed by atoms with Crippen LogP contribution >= 0.6 is 0 Å². The van der Waals surface area contributed by atoms with Crippen molar-refractivity contribution in [2.45, 2.75) is 56.9 Å². The quantitative estimate of drug-likeness (QED) is 0.141. The number of benzene rings is 2. The van der Waals surface area contributed by atoms with Crippen molar-refractivity contribution >= 4 is 17.9 Å². The number of carbonyl (C=O) groups is 1. The number of alkyl halides is 9. The molecule has 0 N–H and O–H groups in total. The van der Waals surface area contributed by atoms with Crippen LogP contribution in [-0.2, 0) is 32.1 Å². The maximum atomic E-state index is 13.7. The lowest BCUT2D eigenvalue weighted by Crippen LogP contribution is -2.39. The van der Waals surface area contributed by atoms with Crippen molar-refractivity contribution < 1.29 is 44.3 Å². The number of anilines is 2. The first-order valence-corrected chi connectivity index (χ1v) is 14.3. The van der Waals surface area contributed by atoms with Crippen molar-refractivity contribution in [1.82, 2.24) is 19.7 Å². The minimum absolute atomic E-state index is 0.00773. The predicted molar refractivity (Wildman–Crippen MR) is 154 cm³/mol. The number of hydrogen-bond donors (Lipinski definition) is 0. The van der Waals surface area contributed by atoms with Gasteiger partial charge in [-0.1, -0.05) is 6.92 Å². The molecule has 0 radical (unpaired) electrons. The molecule has 1 aliphatic rings. The van der Waals surface area contributed by atoms with E-state index in [0.29, 0.717) is 36.0 Å². The average Bonchev–Trinajstić information content (AvgIpc) is 3.64. The lowest BCUT2D eigenvalue weighted by Gasteiger charge is -2.30. The maximum absolute atomic E-state index is 13.7. The van der Waals surface area contributed by atoms with Gasteiger partial charge in [-0.25, -0.2) is 9.97 Å². The number of hydrogen-bond acceptors (Lipinski definition) is 6. The second kappa shape index (κ2) is 12.5. The van der Waals surface area contributed by atoms with E-state index in [1.165, 1.54) is 23.4 Å². The number of rotatable bonds is 8. The Bertz CT molecular complexity index is 1700. The Labute approximate surface area is 262 Å². The van der Waals surface area contributed by atoms with Crippen molar-refractivity contribution in [3.8, 4) is 11.1 Å². The Balaban J connectivity index is 1.56. The fraction of sp³-hybridized carbons (Fsp3) is 0.355. The van der Waals surface area contributed by atoms with Gasteiger partial charge in [-0.05, 0) is 54.8 Å². The highest BCUT2D eigenvalue weighted by atomic mass is 19.4. The second-order valence-electron chi connectivity index (χ2n) is 11.2. The summed E-state index contributed by atoms with van der Waals surface area (Å²) in [6.45, 7) is 1.42. The maximum Gasteiger partial charge on any atom is 0.416 e. The third-order valence-corrected chi connectivity index (χ3v) is 8.03. The minimum atomic E-state index is -5.06. The Kier molecular flexibility index (Phi) is 8.99. The summed E-state index contributed by atoms with van der Waals surface area (Å²) in [5.41, 5.74) is -3.04. The SMILES string of the molecule is CCC1C[C@H](N(Cc2cc(C(F)(F)F)cc(C(F)(F)F)c2)c2ncc(-c3cnn(C)c3)cn2)CN1c1ccc(C(F)(F)F)cc1C=O. The van der Waals surface area contributed by atoms with E-state index in [1.807, 2.05) is 6.92 Å². The molecule has 2 aromatic heterocycles. The zero-order chi connectivity index (χ0) is 34.3. The molecule has 47 heavy (non-hydrogen) atoms. The zero-order valence-electron chi connectivity index (χ0n) is 24.8. The monoisotopic (exact) mass is 670 g/mol.